The van der Waals surface area contributed by atoms with Crippen molar-refractivity contribution in [1.82, 2.24) is 10.6 Å². The predicted molar refractivity (Wildman–Crippen MR) is 138 cm³/mol. The predicted octanol–water partition coefficient (Wildman–Crippen LogP) is 4.52. The van der Waals surface area contributed by atoms with Crippen molar-refractivity contribution in [3.8, 4) is 0 Å². The summed E-state index contributed by atoms with van der Waals surface area (Å²) < 4.78 is 14.9. The zero-order valence-corrected chi connectivity index (χ0v) is 21.9. The van der Waals surface area contributed by atoms with Gasteiger partial charge in [-0.3, -0.25) is 9.59 Å². The van der Waals surface area contributed by atoms with Gasteiger partial charge in [-0.2, -0.15) is 0 Å². The third kappa shape index (κ3) is 4.20. The molecule has 36 heavy (non-hydrogen) atoms. The molecule has 0 unspecified atom stereocenters. The summed E-state index contributed by atoms with van der Waals surface area (Å²) in [7, 11) is 0. The number of carbonyl (C=O) groups is 2. The van der Waals surface area contributed by atoms with Crippen molar-refractivity contribution in [2.24, 2.45) is 5.41 Å². The van der Waals surface area contributed by atoms with Crippen LogP contribution < -0.4 is 16.0 Å². The van der Waals surface area contributed by atoms with Gasteiger partial charge >= 0.3 is 0 Å². The Morgan fingerprint density at radius 2 is 1.94 bits per heavy atom. The van der Waals surface area contributed by atoms with Crippen LogP contribution in [0.15, 0.2) is 36.4 Å². The second-order valence-corrected chi connectivity index (χ2v) is 12.3. The molecule has 2 aromatic carbocycles. The van der Waals surface area contributed by atoms with Crippen LogP contribution in [0.25, 0.3) is 0 Å². The van der Waals surface area contributed by atoms with E-state index in [2.05, 4.69) is 36.7 Å². The highest BCUT2D eigenvalue weighted by molar-refractivity contribution is 6.31. The van der Waals surface area contributed by atoms with Crippen molar-refractivity contribution >= 4 is 40.7 Å². The molecule has 1 spiro atoms. The van der Waals surface area contributed by atoms with Gasteiger partial charge in [0, 0.05) is 28.7 Å². The number of hydrogen-bond donors (Lipinski definition) is 4. The third-order valence-electron chi connectivity index (χ3n) is 7.65. The molecule has 1 aliphatic carbocycles. The van der Waals surface area contributed by atoms with Crippen molar-refractivity contribution in [3.05, 3.63) is 63.4 Å². The summed E-state index contributed by atoms with van der Waals surface area (Å²) in [4.78, 5) is 27.7. The average Bonchev–Trinajstić information content (AvgIpc) is 3.22. The Balaban J connectivity index is 1.70. The van der Waals surface area contributed by atoms with Crippen molar-refractivity contribution < 1.29 is 19.1 Å². The van der Waals surface area contributed by atoms with Crippen LogP contribution in [0.1, 0.15) is 57.1 Å². The van der Waals surface area contributed by atoms with Gasteiger partial charge in [0.05, 0.1) is 17.2 Å². The monoisotopic (exact) mass is 533 g/mol. The number of carbonyl (C=O) groups excluding carboxylic acids is 2. The molecule has 1 saturated carbocycles. The van der Waals surface area contributed by atoms with Gasteiger partial charge in [-0.25, -0.2) is 4.39 Å². The Hall–Kier alpha value is -2.19. The first-order valence-corrected chi connectivity index (χ1v) is 13.0. The Morgan fingerprint density at radius 3 is 2.58 bits per heavy atom. The highest BCUT2D eigenvalue weighted by Gasteiger charge is 2.66. The minimum absolute atomic E-state index is 0.0819. The lowest BCUT2D eigenvalue weighted by molar-refractivity contribution is -0.125. The van der Waals surface area contributed by atoms with Crippen LogP contribution >= 0.6 is 23.2 Å². The van der Waals surface area contributed by atoms with E-state index in [0.717, 1.165) is 0 Å². The summed E-state index contributed by atoms with van der Waals surface area (Å²) >= 11 is 12.5. The number of fused-ring (bicyclic) bond motifs is 2. The zero-order chi connectivity index (χ0) is 26.0. The van der Waals surface area contributed by atoms with Gasteiger partial charge in [0.25, 0.3) is 0 Å². The number of amides is 2. The van der Waals surface area contributed by atoms with E-state index in [0.29, 0.717) is 41.1 Å². The molecule has 192 valence electrons. The van der Waals surface area contributed by atoms with Crippen LogP contribution in [-0.2, 0) is 15.0 Å². The smallest absolute Gasteiger partial charge is 0.238 e. The molecule has 9 heteroatoms. The standard InChI is InChI=1S/C27H30Cl2FN3O3/c1-26(2,3)12-21-27(17-10-19(30)18(29)11-20(17)32-25(27)36)22(13-5-4-6-14(28)7-13)23(33-21)24(35)31-15-8-16(34)9-15/h4-7,10-11,15-16,21-23,33-34H,8-9,12H2,1-3H3,(H,31,35)(H,32,36)/t15-,16+,21-,22+,23-,27+/m1/s1. The lowest BCUT2D eigenvalue weighted by Gasteiger charge is -2.38. The molecule has 2 fully saturated rings. The van der Waals surface area contributed by atoms with E-state index in [1.54, 1.807) is 18.2 Å². The summed E-state index contributed by atoms with van der Waals surface area (Å²) in [5.74, 6) is -1.86. The van der Waals surface area contributed by atoms with Gasteiger partial charge in [0.1, 0.15) is 11.2 Å². The van der Waals surface area contributed by atoms with Crippen LogP contribution in [0, 0.1) is 11.2 Å². The summed E-state index contributed by atoms with van der Waals surface area (Å²) in [6.45, 7) is 6.20. The molecule has 1 saturated heterocycles. The number of anilines is 1. The molecule has 2 aromatic rings. The first-order chi connectivity index (χ1) is 16.9. The molecule has 2 amide bonds. The van der Waals surface area contributed by atoms with Gasteiger partial charge in [-0.05, 0) is 60.1 Å². The Morgan fingerprint density at radius 1 is 1.22 bits per heavy atom. The van der Waals surface area contributed by atoms with E-state index in [1.807, 2.05) is 6.07 Å². The third-order valence-corrected chi connectivity index (χ3v) is 8.18. The summed E-state index contributed by atoms with van der Waals surface area (Å²) in [5, 5.41) is 19.5. The molecule has 5 rings (SSSR count). The minimum Gasteiger partial charge on any atom is -0.393 e. The van der Waals surface area contributed by atoms with E-state index in [-0.39, 0.29) is 28.3 Å². The molecule has 4 N–H and O–H groups in total. The quantitative estimate of drug-likeness (QED) is 0.465. The van der Waals surface area contributed by atoms with Crippen LogP contribution in [0.5, 0.6) is 0 Å². The van der Waals surface area contributed by atoms with Gasteiger partial charge in [0.2, 0.25) is 11.8 Å². The average molecular weight is 534 g/mol. The first-order valence-electron chi connectivity index (χ1n) is 12.2. The maximum absolute atomic E-state index is 14.9. The Kier molecular flexibility index (Phi) is 6.35. The molecule has 4 atom stereocenters. The van der Waals surface area contributed by atoms with E-state index in [4.69, 9.17) is 23.2 Å². The normalized spacial score (nSPS) is 31.2. The van der Waals surface area contributed by atoms with Crippen molar-refractivity contribution in [3.63, 3.8) is 0 Å². The number of aliphatic hydroxyl groups excluding tert-OH is 1. The molecule has 0 radical (unpaired) electrons. The van der Waals surface area contributed by atoms with Crippen LogP contribution in [0.4, 0.5) is 10.1 Å². The fourth-order valence-electron chi connectivity index (χ4n) is 6.13. The van der Waals surface area contributed by atoms with Crippen LogP contribution in [-0.4, -0.2) is 41.2 Å². The lowest BCUT2D eigenvalue weighted by Crippen LogP contribution is -2.53. The molecule has 0 bridgehead atoms. The van der Waals surface area contributed by atoms with Crippen molar-refractivity contribution in [2.75, 3.05) is 5.32 Å². The number of nitrogens with one attached hydrogen (secondary N) is 3. The lowest BCUT2D eigenvalue weighted by atomic mass is 9.62. The molecule has 3 aliphatic rings. The van der Waals surface area contributed by atoms with E-state index in [9.17, 15) is 19.1 Å². The summed E-state index contributed by atoms with van der Waals surface area (Å²) in [6.07, 6.45) is 1.11. The van der Waals surface area contributed by atoms with Crippen LogP contribution in [0.2, 0.25) is 10.0 Å². The number of aliphatic hydroxyl groups is 1. The van der Waals surface area contributed by atoms with E-state index < -0.39 is 35.3 Å². The van der Waals surface area contributed by atoms with Gasteiger partial charge in [-0.15, -0.1) is 0 Å². The fourth-order valence-corrected chi connectivity index (χ4v) is 6.49. The maximum atomic E-state index is 14.9. The minimum atomic E-state index is -1.28. The highest BCUT2D eigenvalue weighted by atomic mass is 35.5. The number of hydrogen-bond acceptors (Lipinski definition) is 4. The molecule has 6 nitrogen and oxygen atoms in total. The summed E-state index contributed by atoms with van der Waals surface area (Å²) in [6, 6.07) is 8.50. The van der Waals surface area contributed by atoms with Crippen molar-refractivity contribution in [2.45, 2.75) is 75.6 Å². The first kappa shape index (κ1) is 25.5. The van der Waals surface area contributed by atoms with Gasteiger partial charge in [0.15, 0.2) is 0 Å². The number of rotatable bonds is 4. The van der Waals surface area contributed by atoms with Gasteiger partial charge in [-0.1, -0.05) is 56.1 Å². The van der Waals surface area contributed by atoms with Crippen molar-refractivity contribution in [1.29, 1.82) is 0 Å². The fraction of sp³-hybridized carbons (Fsp3) is 0.481. The molecular weight excluding hydrogens is 504 g/mol. The topological polar surface area (TPSA) is 90.5 Å². The number of benzene rings is 2. The largest absolute Gasteiger partial charge is 0.393 e. The second kappa shape index (κ2) is 8.98. The Bertz CT molecular complexity index is 1230. The Labute approximate surface area is 219 Å². The second-order valence-electron chi connectivity index (χ2n) is 11.5. The molecule has 2 heterocycles. The number of halogens is 3. The molecule has 0 aromatic heterocycles. The van der Waals surface area contributed by atoms with Gasteiger partial charge < -0.3 is 21.1 Å². The zero-order valence-electron chi connectivity index (χ0n) is 20.4. The van der Waals surface area contributed by atoms with E-state index in [1.165, 1.54) is 12.1 Å². The molecule has 2 aliphatic heterocycles. The van der Waals surface area contributed by atoms with E-state index >= 15 is 0 Å². The highest BCUT2D eigenvalue weighted by Crippen LogP contribution is 2.57. The van der Waals surface area contributed by atoms with Crippen LogP contribution in [0.3, 0.4) is 0 Å². The summed E-state index contributed by atoms with van der Waals surface area (Å²) in [5.41, 5.74) is 0.150. The SMILES string of the molecule is CC(C)(C)C[C@H]1N[C@@H](C(=O)N[C@H]2C[C@@H](O)C2)[C@H](c2cccc(Cl)c2)[C@@]12C(=O)Nc1cc(Cl)c(F)cc12. The molecular formula is C27H30Cl2FN3O3. The maximum Gasteiger partial charge on any atom is 0.238 e.